The molecule has 0 atom stereocenters. The van der Waals surface area contributed by atoms with Crippen LogP contribution in [0.25, 0.3) is 10.9 Å². The van der Waals surface area contributed by atoms with Crippen molar-refractivity contribution in [3.05, 3.63) is 95.4 Å². The Morgan fingerprint density at radius 1 is 1.03 bits per heavy atom. The molecule has 2 aromatic heterocycles. The summed E-state index contributed by atoms with van der Waals surface area (Å²) in [6, 6.07) is 17.0. The van der Waals surface area contributed by atoms with Gasteiger partial charge in [-0.25, -0.2) is 18.2 Å². The van der Waals surface area contributed by atoms with Crippen molar-refractivity contribution in [3.8, 4) is 11.8 Å². The molecule has 7 nitrogen and oxygen atoms in total. The van der Waals surface area contributed by atoms with Crippen LogP contribution in [0.1, 0.15) is 34.1 Å². The Morgan fingerprint density at radius 2 is 1.82 bits per heavy atom. The van der Waals surface area contributed by atoms with Crippen molar-refractivity contribution < 1.29 is 18.3 Å². The largest absolute Gasteiger partial charge is 0.477 e. The summed E-state index contributed by atoms with van der Waals surface area (Å²) in [5, 5.41) is 9.95. The van der Waals surface area contributed by atoms with Crippen molar-refractivity contribution >= 4 is 32.6 Å². The predicted octanol–water partition coefficient (Wildman–Crippen LogP) is 4.09. The topological polar surface area (TPSA) is 109 Å². The minimum atomic E-state index is -3.93. The first-order valence-electron chi connectivity index (χ1n) is 10.1. The SMILES string of the molecule is CCc1cc(C#Cc2ccccc2NS(=O)(=O)c2cccc3cccnc23)cnc1C(=O)O. The third-order valence-electron chi connectivity index (χ3n) is 4.95. The third kappa shape index (κ3) is 4.68. The number of aryl methyl sites for hydroxylation is 1. The van der Waals surface area contributed by atoms with Gasteiger partial charge < -0.3 is 5.11 Å². The van der Waals surface area contributed by atoms with E-state index in [1.807, 2.05) is 6.92 Å². The minimum absolute atomic E-state index is 0.0000858. The van der Waals surface area contributed by atoms with Crippen LogP contribution in [0, 0.1) is 11.8 Å². The zero-order chi connectivity index (χ0) is 23.4. The summed E-state index contributed by atoms with van der Waals surface area (Å²) in [4.78, 5) is 19.6. The third-order valence-corrected chi connectivity index (χ3v) is 6.35. The van der Waals surface area contributed by atoms with Gasteiger partial charge >= 0.3 is 5.97 Å². The molecule has 0 fully saturated rings. The fourth-order valence-electron chi connectivity index (χ4n) is 3.35. The molecule has 0 spiro atoms. The van der Waals surface area contributed by atoms with Gasteiger partial charge in [0.15, 0.2) is 5.69 Å². The fourth-order valence-corrected chi connectivity index (χ4v) is 4.61. The van der Waals surface area contributed by atoms with Crippen LogP contribution in [-0.4, -0.2) is 29.5 Å². The lowest BCUT2D eigenvalue weighted by atomic mass is 10.1. The number of fused-ring (bicyclic) bond motifs is 1. The van der Waals surface area contributed by atoms with Gasteiger partial charge in [-0.05, 0) is 42.3 Å². The second-order valence-corrected chi connectivity index (χ2v) is 8.77. The lowest BCUT2D eigenvalue weighted by Gasteiger charge is -2.11. The number of rotatable bonds is 5. The normalized spacial score (nSPS) is 10.9. The monoisotopic (exact) mass is 457 g/mol. The van der Waals surface area contributed by atoms with Gasteiger partial charge in [-0.15, -0.1) is 0 Å². The van der Waals surface area contributed by atoms with E-state index in [2.05, 4.69) is 26.5 Å². The predicted molar refractivity (Wildman–Crippen MR) is 126 cm³/mol. The maximum Gasteiger partial charge on any atom is 0.354 e. The summed E-state index contributed by atoms with van der Waals surface area (Å²) in [6.07, 6.45) is 3.44. The first kappa shape index (κ1) is 22.0. The van der Waals surface area contributed by atoms with E-state index in [0.717, 1.165) is 5.39 Å². The van der Waals surface area contributed by atoms with Gasteiger partial charge in [0.1, 0.15) is 4.90 Å². The van der Waals surface area contributed by atoms with Gasteiger partial charge in [-0.2, -0.15) is 0 Å². The Morgan fingerprint density at radius 3 is 2.61 bits per heavy atom. The van der Waals surface area contributed by atoms with Crippen LogP contribution >= 0.6 is 0 Å². The van der Waals surface area contributed by atoms with Crippen molar-refractivity contribution in [1.29, 1.82) is 0 Å². The molecule has 0 saturated carbocycles. The number of nitrogens with zero attached hydrogens (tertiary/aromatic N) is 2. The molecule has 8 heteroatoms. The lowest BCUT2D eigenvalue weighted by molar-refractivity contribution is 0.0689. The Kier molecular flexibility index (Phi) is 6.07. The van der Waals surface area contributed by atoms with E-state index < -0.39 is 16.0 Å². The summed E-state index contributed by atoms with van der Waals surface area (Å²) in [5.41, 5.74) is 2.28. The zero-order valence-electron chi connectivity index (χ0n) is 17.6. The van der Waals surface area contributed by atoms with E-state index in [1.54, 1.807) is 60.8 Å². The molecule has 0 aliphatic heterocycles. The highest BCUT2D eigenvalue weighted by atomic mass is 32.2. The molecule has 164 valence electrons. The van der Waals surface area contributed by atoms with Crippen LogP contribution in [0.3, 0.4) is 0 Å². The second kappa shape index (κ2) is 9.10. The Labute approximate surface area is 191 Å². The van der Waals surface area contributed by atoms with Crippen LogP contribution < -0.4 is 4.72 Å². The molecule has 0 aliphatic rings. The maximum absolute atomic E-state index is 13.2. The highest BCUT2D eigenvalue weighted by Gasteiger charge is 2.19. The Balaban J connectivity index is 1.69. The fraction of sp³-hybridized carbons (Fsp3) is 0.0800. The number of hydrogen-bond acceptors (Lipinski definition) is 5. The van der Waals surface area contributed by atoms with E-state index in [-0.39, 0.29) is 10.6 Å². The van der Waals surface area contributed by atoms with E-state index >= 15 is 0 Å². The lowest BCUT2D eigenvalue weighted by Crippen LogP contribution is -2.14. The smallest absolute Gasteiger partial charge is 0.354 e. The highest BCUT2D eigenvalue weighted by molar-refractivity contribution is 7.93. The first-order valence-corrected chi connectivity index (χ1v) is 11.6. The molecule has 0 radical (unpaired) electrons. The number of aromatic carboxylic acids is 1. The van der Waals surface area contributed by atoms with Gasteiger partial charge in [0, 0.05) is 28.9 Å². The Hall–Kier alpha value is -4.22. The molecule has 0 aliphatic carbocycles. The molecule has 2 N–H and O–H groups in total. The number of para-hydroxylation sites is 2. The summed E-state index contributed by atoms with van der Waals surface area (Å²) in [7, 11) is -3.93. The van der Waals surface area contributed by atoms with Crippen LogP contribution in [-0.2, 0) is 16.4 Å². The van der Waals surface area contributed by atoms with Gasteiger partial charge in [0.25, 0.3) is 10.0 Å². The number of hydrogen-bond donors (Lipinski definition) is 2. The summed E-state index contributed by atoms with van der Waals surface area (Å²) < 4.78 is 28.9. The van der Waals surface area contributed by atoms with Crippen molar-refractivity contribution in [2.75, 3.05) is 4.72 Å². The van der Waals surface area contributed by atoms with Crippen LogP contribution in [0.4, 0.5) is 5.69 Å². The van der Waals surface area contributed by atoms with E-state index in [4.69, 9.17) is 0 Å². The number of sulfonamides is 1. The second-order valence-electron chi connectivity index (χ2n) is 7.12. The molecule has 33 heavy (non-hydrogen) atoms. The van der Waals surface area contributed by atoms with E-state index in [0.29, 0.717) is 34.3 Å². The number of benzene rings is 2. The summed E-state index contributed by atoms with van der Waals surface area (Å²) in [5.74, 6) is 4.82. The number of carboxylic acids is 1. The molecule has 4 aromatic rings. The number of carbonyl (C=O) groups is 1. The average Bonchev–Trinajstić information content (AvgIpc) is 2.82. The Bertz CT molecular complexity index is 1530. The molecule has 0 bridgehead atoms. The van der Waals surface area contributed by atoms with Gasteiger partial charge in [-0.3, -0.25) is 9.71 Å². The van der Waals surface area contributed by atoms with Crippen LogP contribution in [0.5, 0.6) is 0 Å². The molecule has 0 unspecified atom stereocenters. The van der Waals surface area contributed by atoms with Gasteiger partial charge in [0.2, 0.25) is 0 Å². The number of carboxylic acid groups (broad SMARTS) is 1. The summed E-state index contributed by atoms with van der Waals surface area (Å²) in [6.45, 7) is 1.84. The first-order chi connectivity index (χ1) is 15.9. The number of nitrogens with one attached hydrogen (secondary N) is 1. The molecule has 4 rings (SSSR count). The van der Waals surface area contributed by atoms with Crippen LogP contribution in [0.15, 0.2) is 78.0 Å². The molecular weight excluding hydrogens is 438 g/mol. The molecule has 0 amide bonds. The van der Waals surface area contributed by atoms with Gasteiger partial charge in [0.05, 0.1) is 11.2 Å². The van der Waals surface area contributed by atoms with Crippen LogP contribution in [0.2, 0.25) is 0 Å². The van der Waals surface area contributed by atoms with Crippen molar-refractivity contribution in [2.24, 2.45) is 0 Å². The maximum atomic E-state index is 13.2. The number of aromatic nitrogens is 2. The molecule has 0 saturated heterocycles. The standard InChI is InChI=1S/C25H19N3O4S/c1-2-18-15-17(16-27-24(18)25(29)30)12-13-19-7-3-4-10-21(19)28-33(31,32)22-11-5-8-20-9-6-14-26-23(20)22/h3-11,14-16,28H,2H2,1H3,(H,29,30). The van der Waals surface area contributed by atoms with Crippen molar-refractivity contribution in [3.63, 3.8) is 0 Å². The summed E-state index contributed by atoms with van der Waals surface area (Å²) >= 11 is 0. The van der Waals surface area contributed by atoms with Gasteiger partial charge in [-0.1, -0.05) is 49.1 Å². The van der Waals surface area contributed by atoms with E-state index in [9.17, 15) is 18.3 Å². The quantitative estimate of drug-likeness (QED) is 0.437. The number of pyridine rings is 2. The van der Waals surface area contributed by atoms with E-state index in [1.165, 1.54) is 12.3 Å². The zero-order valence-corrected chi connectivity index (χ0v) is 18.4. The van der Waals surface area contributed by atoms with Crippen molar-refractivity contribution in [1.82, 2.24) is 9.97 Å². The minimum Gasteiger partial charge on any atom is -0.477 e. The highest BCUT2D eigenvalue weighted by Crippen LogP contribution is 2.24. The average molecular weight is 458 g/mol. The van der Waals surface area contributed by atoms with Crippen molar-refractivity contribution in [2.45, 2.75) is 18.2 Å². The number of anilines is 1. The molecule has 2 heterocycles. The molecule has 2 aromatic carbocycles. The molecular formula is C25H19N3O4S.